The van der Waals surface area contributed by atoms with Crippen LogP contribution in [-0.2, 0) is 4.43 Å². The van der Waals surface area contributed by atoms with Crippen LogP contribution in [0.3, 0.4) is 0 Å². The van der Waals surface area contributed by atoms with Crippen molar-refractivity contribution in [1.82, 2.24) is 9.97 Å². The summed E-state index contributed by atoms with van der Waals surface area (Å²) in [4.78, 5) is 8.27. The third-order valence-corrected chi connectivity index (χ3v) is 10.0. The van der Waals surface area contributed by atoms with Crippen LogP contribution in [0.15, 0.2) is 36.5 Å². The van der Waals surface area contributed by atoms with Crippen molar-refractivity contribution in [2.45, 2.75) is 45.0 Å². The first kappa shape index (κ1) is 20.6. The van der Waals surface area contributed by atoms with E-state index in [0.717, 1.165) is 15.0 Å². The van der Waals surface area contributed by atoms with Crippen molar-refractivity contribution in [1.29, 1.82) is 0 Å². The molecule has 4 nitrogen and oxygen atoms in total. The maximum absolute atomic E-state index is 6.68. The van der Waals surface area contributed by atoms with Crippen molar-refractivity contribution in [2.24, 2.45) is 0 Å². The predicted octanol–water partition coefficient (Wildman–Crippen LogP) is 5.91. The molecule has 25 heavy (non-hydrogen) atoms. The predicted molar refractivity (Wildman–Crippen MR) is 116 cm³/mol. The average molecular weight is 490 g/mol. The Balaban J connectivity index is 2.22. The molecule has 0 saturated heterocycles. The molecule has 0 aliphatic carbocycles. The lowest BCUT2D eigenvalue weighted by molar-refractivity contribution is 0.196. The van der Waals surface area contributed by atoms with E-state index in [-0.39, 0.29) is 16.4 Å². The molecule has 0 aliphatic rings. The molecule has 2 rings (SSSR count). The molecule has 0 spiro atoms. The van der Waals surface area contributed by atoms with Gasteiger partial charge >= 0.3 is 0 Å². The first-order chi connectivity index (χ1) is 11.6. The molecule has 0 fully saturated rings. The summed E-state index contributed by atoms with van der Waals surface area (Å²) >= 11 is 8.13. The minimum atomic E-state index is -1.91. The van der Waals surface area contributed by atoms with Gasteiger partial charge < -0.3 is 9.74 Å². The Morgan fingerprint density at radius 1 is 1.24 bits per heavy atom. The first-order valence-electron chi connectivity index (χ1n) is 8.25. The van der Waals surface area contributed by atoms with Crippen LogP contribution in [0.2, 0.25) is 23.4 Å². The molecule has 2 aromatic rings. The molecule has 136 valence electrons. The number of rotatable bonds is 6. The topological polar surface area (TPSA) is 47.0 Å². The second-order valence-electron chi connectivity index (χ2n) is 7.49. The third-order valence-electron chi connectivity index (χ3n) is 4.58. The van der Waals surface area contributed by atoms with Gasteiger partial charge in [-0.25, -0.2) is 4.98 Å². The van der Waals surface area contributed by atoms with E-state index in [9.17, 15) is 0 Å². The van der Waals surface area contributed by atoms with Gasteiger partial charge in [0.15, 0.2) is 8.32 Å². The van der Waals surface area contributed by atoms with Gasteiger partial charge in [-0.15, -0.1) is 0 Å². The van der Waals surface area contributed by atoms with Gasteiger partial charge in [-0.2, -0.15) is 4.98 Å². The molecule has 1 aromatic carbocycles. The molecule has 1 N–H and O–H groups in total. The second kappa shape index (κ2) is 8.33. The summed E-state index contributed by atoms with van der Waals surface area (Å²) in [6.07, 6.45) is 1.66. The zero-order valence-corrected chi connectivity index (χ0v) is 19.2. The number of anilines is 1. The molecule has 0 unspecified atom stereocenters. The summed E-state index contributed by atoms with van der Waals surface area (Å²) in [5.74, 6) is 0.736. The summed E-state index contributed by atoms with van der Waals surface area (Å²) < 4.78 is 7.61. The maximum Gasteiger partial charge on any atom is 0.224 e. The van der Waals surface area contributed by atoms with Gasteiger partial charge in [0, 0.05) is 12.7 Å². The van der Waals surface area contributed by atoms with E-state index in [1.54, 1.807) is 6.20 Å². The van der Waals surface area contributed by atoms with Crippen molar-refractivity contribution in [2.75, 3.05) is 11.9 Å². The Morgan fingerprint density at radius 3 is 2.48 bits per heavy atom. The number of halogens is 2. The summed E-state index contributed by atoms with van der Waals surface area (Å²) in [6.45, 7) is 11.9. The number of nitrogens with one attached hydrogen (secondary N) is 1. The third kappa shape index (κ3) is 5.64. The molecule has 1 heterocycles. The highest BCUT2D eigenvalue weighted by Gasteiger charge is 2.39. The van der Waals surface area contributed by atoms with Crippen molar-refractivity contribution in [3.05, 3.63) is 50.9 Å². The van der Waals surface area contributed by atoms with Crippen LogP contribution < -0.4 is 5.32 Å². The molecule has 1 aromatic heterocycles. The van der Waals surface area contributed by atoms with Crippen LogP contribution in [0.4, 0.5) is 5.82 Å². The van der Waals surface area contributed by atoms with Gasteiger partial charge in [0.05, 0.1) is 9.67 Å². The van der Waals surface area contributed by atoms with Crippen LogP contribution >= 0.6 is 34.2 Å². The van der Waals surface area contributed by atoms with Crippen molar-refractivity contribution < 1.29 is 4.43 Å². The van der Waals surface area contributed by atoms with Crippen molar-refractivity contribution >= 4 is 48.3 Å². The standard InChI is InChI=1S/C18H25ClIN3OSi/c1-18(2,3)25(4,5)24-15(13-9-7-6-8-10-13)12-21-16-14(20)11-22-17(19)23-16/h6-11,15H,12H2,1-5H3,(H,21,22,23)/t15-/m0/s1. The maximum atomic E-state index is 6.68. The van der Waals surface area contributed by atoms with Crippen LogP contribution in [0.5, 0.6) is 0 Å². The molecule has 0 radical (unpaired) electrons. The van der Waals surface area contributed by atoms with E-state index in [1.165, 1.54) is 0 Å². The fourth-order valence-electron chi connectivity index (χ4n) is 2.09. The van der Waals surface area contributed by atoms with Gasteiger partial charge in [0.2, 0.25) is 5.28 Å². The molecule has 0 saturated carbocycles. The Kier molecular flexibility index (Phi) is 6.86. The number of nitrogens with zero attached hydrogens (tertiary/aromatic N) is 2. The number of aromatic nitrogens is 2. The fraction of sp³-hybridized carbons (Fsp3) is 0.444. The number of hydrogen-bond acceptors (Lipinski definition) is 4. The van der Waals surface area contributed by atoms with Crippen molar-refractivity contribution in [3.63, 3.8) is 0 Å². The summed E-state index contributed by atoms with van der Waals surface area (Å²) in [5, 5.41) is 3.77. The Bertz CT molecular complexity index is 707. The van der Waals surface area contributed by atoms with Crippen LogP contribution in [0.1, 0.15) is 32.4 Å². The van der Waals surface area contributed by atoms with Crippen LogP contribution in [-0.4, -0.2) is 24.8 Å². The molecular formula is C18H25ClIN3OSi. The van der Waals surface area contributed by atoms with Gasteiger partial charge in [-0.05, 0) is 57.9 Å². The van der Waals surface area contributed by atoms with E-state index >= 15 is 0 Å². The zero-order valence-electron chi connectivity index (χ0n) is 15.3. The minimum Gasteiger partial charge on any atom is -0.408 e. The fourth-order valence-corrected chi connectivity index (χ4v) is 3.95. The van der Waals surface area contributed by atoms with Gasteiger partial charge in [0.25, 0.3) is 0 Å². The Hall–Kier alpha value is -0.703. The summed E-state index contributed by atoms with van der Waals surface area (Å²) in [6, 6.07) is 10.3. The minimum absolute atomic E-state index is 0.0494. The highest BCUT2D eigenvalue weighted by atomic mass is 127. The molecule has 7 heteroatoms. The molecule has 0 amide bonds. The average Bonchev–Trinajstić information content (AvgIpc) is 2.54. The largest absolute Gasteiger partial charge is 0.408 e. The number of benzene rings is 1. The highest BCUT2D eigenvalue weighted by molar-refractivity contribution is 14.1. The Morgan fingerprint density at radius 2 is 1.88 bits per heavy atom. The van der Waals surface area contributed by atoms with E-state index in [1.807, 2.05) is 18.2 Å². The second-order valence-corrected chi connectivity index (χ2v) is 13.8. The lowest BCUT2D eigenvalue weighted by Crippen LogP contribution is -2.43. The quantitative estimate of drug-likeness (QED) is 0.311. The van der Waals surface area contributed by atoms with E-state index in [0.29, 0.717) is 6.54 Å². The van der Waals surface area contributed by atoms with Gasteiger partial charge in [-0.3, -0.25) is 0 Å². The molecule has 0 bridgehead atoms. The SMILES string of the molecule is CC(C)(C)[Si](C)(C)O[C@@H](CNc1nc(Cl)ncc1I)c1ccccc1. The van der Waals surface area contributed by atoms with E-state index < -0.39 is 8.32 Å². The molecule has 0 aliphatic heterocycles. The van der Waals surface area contributed by atoms with Gasteiger partial charge in [0.1, 0.15) is 5.82 Å². The zero-order chi connectivity index (χ0) is 18.7. The number of hydrogen-bond donors (Lipinski definition) is 1. The van der Waals surface area contributed by atoms with Gasteiger partial charge in [-0.1, -0.05) is 51.1 Å². The van der Waals surface area contributed by atoms with E-state index in [2.05, 4.69) is 83.9 Å². The molecule has 1 atom stereocenters. The normalized spacial score (nSPS) is 13.6. The van der Waals surface area contributed by atoms with Crippen LogP contribution in [0, 0.1) is 3.57 Å². The smallest absolute Gasteiger partial charge is 0.224 e. The lowest BCUT2D eigenvalue weighted by atomic mass is 10.1. The first-order valence-corrected chi connectivity index (χ1v) is 12.6. The lowest BCUT2D eigenvalue weighted by Gasteiger charge is -2.39. The van der Waals surface area contributed by atoms with E-state index in [4.69, 9.17) is 16.0 Å². The highest BCUT2D eigenvalue weighted by Crippen LogP contribution is 2.39. The summed E-state index contributed by atoms with van der Waals surface area (Å²) in [5.41, 5.74) is 1.16. The Labute approximate surface area is 170 Å². The van der Waals surface area contributed by atoms with Crippen LogP contribution in [0.25, 0.3) is 0 Å². The molecular weight excluding hydrogens is 465 g/mol. The monoisotopic (exact) mass is 489 g/mol. The summed E-state index contributed by atoms with van der Waals surface area (Å²) in [7, 11) is -1.91. The van der Waals surface area contributed by atoms with Crippen molar-refractivity contribution in [3.8, 4) is 0 Å².